The number of rotatable bonds is 25. The minimum Gasteiger partial charge on any atom is -0.293 e. The van der Waals surface area contributed by atoms with Gasteiger partial charge in [0.05, 0.1) is 6.04 Å². The summed E-state index contributed by atoms with van der Waals surface area (Å²) >= 11 is 0. The Morgan fingerprint density at radius 2 is 0.912 bits per heavy atom. The molecule has 34 heavy (non-hydrogen) atoms. The van der Waals surface area contributed by atoms with Gasteiger partial charge in [-0.15, -0.1) is 6.58 Å². The lowest BCUT2D eigenvalue weighted by Gasteiger charge is -2.30. The topological polar surface area (TPSA) is 3.24 Å². The molecule has 1 rings (SSSR count). The van der Waals surface area contributed by atoms with Crippen LogP contribution in [0.5, 0.6) is 0 Å². The fourth-order valence-electron chi connectivity index (χ4n) is 5.14. The van der Waals surface area contributed by atoms with Crippen LogP contribution in [-0.2, 0) is 0 Å². The molecule has 0 aliphatic rings. The number of unbranched alkanes of at least 4 members (excludes halogenated alkanes) is 18. The molecule has 1 unspecified atom stereocenters. The first-order chi connectivity index (χ1) is 16.8. The number of hydrogen-bond donors (Lipinski definition) is 0. The summed E-state index contributed by atoms with van der Waals surface area (Å²) in [6, 6.07) is 11.4. The Labute approximate surface area is 214 Å². The predicted octanol–water partition coefficient (Wildman–Crippen LogP) is 11.1. The van der Waals surface area contributed by atoms with Gasteiger partial charge in [0.1, 0.15) is 0 Å². The minimum atomic E-state index is 0.360. The van der Waals surface area contributed by atoms with Crippen LogP contribution in [0.1, 0.15) is 154 Å². The van der Waals surface area contributed by atoms with Crippen molar-refractivity contribution in [3.63, 3.8) is 0 Å². The molecule has 0 bridgehead atoms. The summed E-state index contributed by atoms with van der Waals surface area (Å²) in [7, 11) is 0. The average molecular weight is 470 g/mol. The van der Waals surface area contributed by atoms with Gasteiger partial charge < -0.3 is 0 Å². The van der Waals surface area contributed by atoms with Gasteiger partial charge in [0.15, 0.2) is 0 Å². The molecule has 1 atom stereocenters. The van der Waals surface area contributed by atoms with E-state index in [0.29, 0.717) is 6.04 Å². The van der Waals surface area contributed by atoms with Crippen LogP contribution in [0, 0.1) is 0 Å². The van der Waals surface area contributed by atoms with Crippen molar-refractivity contribution in [1.29, 1.82) is 0 Å². The second-order valence-electron chi connectivity index (χ2n) is 10.5. The van der Waals surface area contributed by atoms with Crippen LogP contribution in [0.2, 0.25) is 0 Å². The highest BCUT2D eigenvalue weighted by atomic mass is 15.1. The van der Waals surface area contributed by atoms with E-state index >= 15 is 0 Å². The van der Waals surface area contributed by atoms with Gasteiger partial charge >= 0.3 is 0 Å². The lowest BCUT2D eigenvalue weighted by Crippen LogP contribution is -2.30. The first kappa shape index (κ1) is 31.0. The van der Waals surface area contributed by atoms with Crippen LogP contribution in [0.4, 0.5) is 0 Å². The number of hydrogen-bond acceptors (Lipinski definition) is 1. The van der Waals surface area contributed by atoms with Gasteiger partial charge in [0, 0.05) is 0 Å². The predicted molar refractivity (Wildman–Crippen MR) is 155 cm³/mol. The van der Waals surface area contributed by atoms with Crippen LogP contribution >= 0.6 is 0 Å². The quantitative estimate of drug-likeness (QED) is 0.102. The Hall–Kier alpha value is -1.08. The molecule has 0 aromatic heterocycles. The summed E-state index contributed by atoms with van der Waals surface area (Å²) in [6.07, 6.45) is 30.3. The third kappa shape index (κ3) is 16.5. The smallest absolute Gasteiger partial charge is 0.0528 e. The van der Waals surface area contributed by atoms with Crippen molar-refractivity contribution in [2.24, 2.45) is 0 Å². The van der Waals surface area contributed by atoms with Crippen molar-refractivity contribution in [3.05, 3.63) is 48.6 Å². The molecular weight excluding hydrogens is 410 g/mol. The van der Waals surface area contributed by atoms with E-state index in [1.165, 1.54) is 147 Å². The van der Waals surface area contributed by atoms with Crippen molar-refractivity contribution >= 4 is 0 Å². The van der Waals surface area contributed by atoms with Gasteiger partial charge in [-0.3, -0.25) is 4.90 Å². The summed E-state index contributed by atoms with van der Waals surface area (Å²) < 4.78 is 0. The maximum absolute atomic E-state index is 4.22. The van der Waals surface area contributed by atoms with Crippen molar-refractivity contribution in [3.8, 4) is 0 Å². The molecule has 0 aliphatic carbocycles. The van der Waals surface area contributed by atoms with E-state index < -0.39 is 0 Å². The van der Waals surface area contributed by atoms with Crippen LogP contribution in [0.3, 0.4) is 0 Å². The van der Waals surface area contributed by atoms with E-state index in [1.807, 2.05) is 0 Å². The fraction of sp³-hybridized carbons (Fsp3) is 0.758. The van der Waals surface area contributed by atoms with E-state index in [9.17, 15) is 0 Å². The summed E-state index contributed by atoms with van der Waals surface area (Å²) in [5.74, 6) is 0. The lowest BCUT2D eigenvalue weighted by molar-refractivity contribution is 0.220. The van der Waals surface area contributed by atoms with Gasteiger partial charge in [-0.25, -0.2) is 0 Å². The summed E-state index contributed by atoms with van der Waals surface area (Å²) in [5.41, 5.74) is 1.40. The highest BCUT2D eigenvalue weighted by Crippen LogP contribution is 2.24. The van der Waals surface area contributed by atoms with Gasteiger partial charge in [0.2, 0.25) is 0 Å². The van der Waals surface area contributed by atoms with E-state index in [-0.39, 0.29) is 0 Å². The molecule has 0 saturated heterocycles. The van der Waals surface area contributed by atoms with Crippen molar-refractivity contribution in [2.45, 2.75) is 148 Å². The zero-order valence-electron chi connectivity index (χ0n) is 23.3. The van der Waals surface area contributed by atoms with Gasteiger partial charge in [0.25, 0.3) is 0 Å². The van der Waals surface area contributed by atoms with Gasteiger partial charge in [-0.05, 0) is 31.5 Å². The summed E-state index contributed by atoms with van der Waals surface area (Å²) in [5, 5.41) is 0. The maximum Gasteiger partial charge on any atom is 0.0528 e. The average Bonchev–Trinajstić information content (AvgIpc) is 2.87. The molecule has 196 valence electrons. The maximum atomic E-state index is 4.22. The number of nitrogens with zero attached hydrogens (tertiary/aromatic N) is 1. The Morgan fingerprint density at radius 1 is 0.559 bits per heavy atom. The van der Waals surface area contributed by atoms with Crippen molar-refractivity contribution in [2.75, 3.05) is 13.1 Å². The molecule has 0 N–H and O–H groups in total. The Balaban J connectivity index is 2.29. The third-order valence-electron chi connectivity index (χ3n) is 7.36. The monoisotopic (exact) mass is 469 g/mol. The molecule has 0 aliphatic heterocycles. The van der Waals surface area contributed by atoms with Crippen LogP contribution in [0.25, 0.3) is 0 Å². The van der Waals surface area contributed by atoms with E-state index in [4.69, 9.17) is 0 Å². The first-order valence-electron chi connectivity index (χ1n) is 15.2. The standard InChI is InChI=1S/C33H59N/c1-4-7-9-11-13-15-17-19-21-26-30-34(33(6-3)32-28-24-23-25-29-32)31-27-22-20-18-16-14-12-10-8-5-2/h6,23-25,28-29,33H,3-5,7-22,26-27,30-31H2,1-2H3. The zero-order valence-corrected chi connectivity index (χ0v) is 23.3. The normalized spacial score (nSPS) is 12.3. The first-order valence-corrected chi connectivity index (χ1v) is 15.2. The van der Waals surface area contributed by atoms with Crippen molar-refractivity contribution in [1.82, 2.24) is 4.90 Å². The molecule has 0 fully saturated rings. The Kier molecular flexibility index (Phi) is 21.5. The molecule has 0 saturated carbocycles. The highest BCUT2D eigenvalue weighted by Gasteiger charge is 2.16. The van der Waals surface area contributed by atoms with Gasteiger partial charge in [-0.2, -0.15) is 0 Å². The number of benzene rings is 1. The molecule has 0 radical (unpaired) electrons. The van der Waals surface area contributed by atoms with Crippen LogP contribution in [-0.4, -0.2) is 18.0 Å². The lowest BCUT2D eigenvalue weighted by atomic mass is 10.0. The molecule has 1 aromatic rings. The van der Waals surface area contributed by atoms with E-state index in [1.54, 1.807) is 0 Å². The third-order valence-corrected chi connectivity index (χ3v) is 7.36. The summed E-state index contributed by atoms with van der Waals surface area (Å²) in [6.45, 7) is 11.2. The fourth-order valence-corrected chi connectivity index (χ4v) is 5.14. The minimum absolute atomic E-state index is 0.360. The molecule has 1 aromatic carbocycles. The van der Waals surface area contributed by atoms with Gasteiger partial charge in [-0.1, -0.05) is 166 Å². The molecular formula is C33H59N. The molecule has 0 spiro atoms. The second-order valence-corrected chi connectivity index (χ2v) is 10.5. The van der Waals surface area contributed by atoms with Crippen LogP contribution in [0.15, 0.2) is 43.0 Å². The molecule has 1 nitrogen and oxygen atoms in total. The zero-order chi connectivity index (χ0) is 24.5. The Bertz CT molecular complexity index is 513. The largest absolute Gasteiger partial charge is 0.293 e. The molecule has 1 heteroatoms. The van der Waals surface area contributed by atoms with E-state index in [2.05, 4.69) is 61.7 Å². The highest BCUT2D eigenvalue weighted by molar-refractivity contribution is 5.22. The molecule has 0 heterocycles. The van der Waals surface area contributed by atoms with Crippen molar-refractivity contribution < 1.29 is 0 Å². The van der Waals surface area contributed by atoms with E-state index in [0.717, 1.165) is 0 Å². The summed E-state index contributed by atoms with van der Waals surface area (Å²) in [4.78, 5) is 2.71. The Morgan fingerprint density at radius 3 is 1.26 bits per heavy atom. The second kappa shape index (κ2) is 23.7. The molecule has 0 amide bonds. The van der Waals surface area contributed by atoms with Crippen LogP contribution < -0.4 is 0 Å². The SMILES string of the molecule is C=CC(c1ccccc1)N(CCCCCCCCCCCC)CCCCCCCCCCCC.